The van der Waals surface area contributed by atoms with E-state index in [4.69, 9.17) is 9.47 Å². The maximum absolute atomic E-state index is 11.1. The van der Waals surface area contributed by atoms with Crippen LogP contribution in [-0.2, 0) is 5.75 Å². The summed E-state index contributed by atoms with van der Waals surface area (Å²) < 4.78 is 12.8. The minimum absolute atomic E-state index is 0.0192. The molecule has 0 aliphatic carbocycles. The smallest absolute Gasteiger partial charge is 0.270 e. The predicted octanol–water partition coefficient (Wildman–Crippen LogP) is 3.76. The van der Waals surface area contributed by atoms with E-state index in [1.54, 1.807) is 28.9 Å². The highest BCUT2D eigenvalue weighted by Crippen LogP contribution is 2.33. The molecule has 1 aliphatic heterocycles. The number of fused-ring (bicyclic) bond motifs is 2. The van der Waals surface area contributed by atoms with Crippen molar-refractivity contribution < 1.29 is 14.4 Å². The zero-order valence-electron chi connectivity index (χ0n) is 15.6. The molecule has 0 radical (unpaired) electrons. The van der Waals surface area contributed by atoms with Gasteiger partial charge in [-0.1, -0.05) is 30.0 Å². The van der Waals surface area contributed by atoms with Gasteiger partial charge in [0.1, 0.15) is 13.2 Å². The van der Waals surface area contributed by atoms with Gasteiger partial charge in [0, 0.05) is 29.6 Å². The predicted molar refractivity (Wildman–Crippen MR) is 110 cm³/mol. The first-order chi connectivity index (χ1) is 14.7. The van der Waals surface area contributed by atoms with Gasteiger partial charge in [-0.25, -0.2) is 4.98 Å². The first kappa shape index (κ1) is 18.4. The van der Waals surface area contributed by atoms with Crippen molar-refractivity contribution in [3.8, 4) is 22.8 Å². The summed E-state index contributed by atoms with van der Waals surface area (Å²) in [5.74, 6) is 2.59. The maximum atomic E-state index is 11.1. The van der Waals surface area contributed by atoms with Crippen LogP contribution in [0.3, 0.4) is 0 Å². The molecule has 0 spiro atoms. The van der Waals surface area contributed by atoms with Crippen LogP contribution in [0, 0.1) is 10.1 Å². The van der Waals surface area contributed by atoms with Gasteiger partial charge in [0.15, 0.2) is 11.5 Å². The molecule has 1 aliphatic rings. The van der Waals surface area contributed by atoms with E-state index in [9.17, 15) is 10.1 Å². The number of hydrogen-bond donors (Lipinski definition) is 0. The topological polar surface area (TPSA) is 105 Å². The molecule has 0 unspecified atom stereocenters. The Labute approximate surface area is 174 Å². The van der Waals surface area contributed by atoms with Gasteiger partial charge in [-0.2, -0.15) is 9.50 Å². The Morgan fingerprint density at radius 1 is 1.10 bits per heavy atom. The molecular weight excluding hydrogens is 406 g/mol. The second-order valence-electron chi connectivity index (χ2n) is 6.51. The highest BCUT2D eigenvalue weighted by atomic mass is 32.2. The molecule has 10 heteroatoms. The molecule has 2 aromatic carbocycles. The molecule has 4 aromatic rings. The third-order valence-corrected chi connectivity index (χ3v) is 5.46. The molecule has 0 saturated carbocycles. The molecule has 0 fully saturated rings. The Morgan fingerprint density at radius 2 is 1.97 bits per heavy atom. The monoisotopic (exact) mass is 421 g/mol. The standard InChI is InChI=1S/C20H15N5O4S/c26-25(27)15-3-1-2-14(11-15)16-6-7-21-19-22-20(23-24(16)19)30-12-13-4-5-17-18(10-13)29-9-8-28-17/h1-7,10-11H,8-9,12H2. The largest absolute Gasteiger partial charge is 0.486 e. The van der Waals surface area contributed by atoms with Crippen molar-refractivity contribution in [3.63, 3.8) is 0 Å². The minimum Gasteiger partial charge on any atom is -0.486 e. The summed E-state index contributed by atoms with van der Waals surface area (Å²) >= 11 is 1.47. The van der Waals surface area contributed by atoms with Crippen molar-refractivity contribution in [2.24, 2.45) is 0 Å². The zero-order chi connectivity index (χ0) is 20.5. The zero-order valence-corrected chi connectivity index (χ0v) is 16.4. The van der Waals surface area contributed by atoms with E-state index in [2.05, 4.69) is 15.1 Å². The summed E-state index contributed by atoms with van der Waals surface area (Å²) in [5, 5.41) is 16.2. The fourth-order valence-corrected chi connectivity index (χ4v) is 3.92. The number of thioether (sulfide) groups is 1. The number of non-ortho nitro benzene ring substituents is 1. The van der Waals surface area contributed by atoms with E-state index >= 15 is 0 Å². The summed E-state index contributed by atoms with van der Waals surface area (Å²) in [6.07, 6.45) is 1.62. The van der Waals surface area contributed by atoms with Crippen molar-refractivity contribution in [2.45, 2.75) is 10.9 Å². The van der Waals surface area contributed by atoms with Gasteiger partial charge in [0.2, 0.25) is 5.16 Å². The summed E-state index contributed by atoms with van der Waals surface area (Å²) in [6.45, 7) is 1.11. The van der Waals surface area contributed by atoms with E-state index in [1.807, 2.05) is 18.2 Å². The van der Waals surface area contributed by atoms with Gasteiger partial charge >= 0.3 is 0 Å². The average molecular weight is 421 g/mol. The van der Waals surface area contributed by atoms with E-state index in [0.717, 1.165) is 17.1 Å². The third kappa shape index (κ3) is 3.52. The Balaban J connectivity index is 1.41. The van der Waals surface area contributed by atoms with Crippen molar-refractivity contribution in [2.75, 3.05) is 13.2 Å². The van der Waals surface area contributed by atoms with Crippen molar-refractivity contribution in [3.05, 3.63) is 70.4 Å². The number of aromatic nitrogens is 4. The molecular formula is C20H15N5O4S. The SMILES string of the molecule is O=[N+]([O-])c1cccc(-c2ccnc3nc(SCc4ccc5c(c4)OCCO5)nn23)c1. The lowest BCUT2D eigenvalue weighted by Crippen LogP contribution is -2.15. The lowest BCUT2D eigenvalue weighted by atomic mass is 10.1. The molecule has 0 amide bonds. The highest BCUT2D eigenvalue weighted by molar-refractivity contribution is 7.98. The highest BCUT2D eigenvalue weighted by Gasteiger charge is 2.15. The molecule has 2 aromatic heterocycles. The number of rotatable bonds is 5. The van der Waals surface area contributed by atoms with Gasteiger partial charge in [0.05, 0.1) is 10.6 Å². The van der Waals surface area contributed by atoms with Gasteiger partial charge < -0.3 is 9.47 Å². The first-order valence-corrected chi connectivity index (χ1v) is 10.1. The minimum atomic E-state index is -0.419. The maximum Gasteiger partial charge on any atom is 0.270 e. The van der Waals surface area contributed by atoms with Crippen LogP contribution in [0.4, 0.5) is 5.69 Å². The fraction of sp³-hybridized carbons (Fsp3) is 0.150. The summed E-state index contributed by atoms with van der Waals surface area (Å²) in [5.41, 5.74) is 2.44. The summed E-state index contributed by atoms with van der Waals surface area (Å²) in [4.78, 5) is 19.4. The molecule has 30 heavy (non-hydrogen) atoms. The molecule has 5 rings (SSSR count). The Bertz CT molecular complexity index is 1260. The molecule has 3 heterocycles. The average Bonchev–Trinajstić information content (AvgIpc) is 3.21. The van der Waals surface area contributed by atoms with Crippen molar-refractivity contribution in [1.82, 2.24) is 19.6 Å². The lowest BCUT2D eigenvalue weighted by Gasteiger charge is -2.18. The van der Waals surface area contributed by atoms with E-state index in [1.165, 1.54) is 23.9 Å². The number of nitro benzene ring substituents is 1. The lowest BCUT2D eigenvalue weighted by molar-refractivity contribution is -0.384. The Morgan fingerprint density at radius 3 is 2.83 bits per heavy atom. The van der Waals surface area contributed by atoms with Crippen LogP contribution in [0.2, 0.25) is 0 Å². The third-order valence-electron chi connectivity index (χ3n) is 4.55. The van der Waals surface area contributed by atoms with E-state index in [-0.39, 0.29) is 5.69 Å². The fourth-order valence-electron chi connectivity index (χ4n) is 3.16. The van der Waals surface area contributed by atoms with Crippen molar-refractivity contribution >= 4 is 23.2 Å². The van der Waals surface area contributed by atoms with Gasteiger partial charge in [-0.15, -0.1) is 5.10 Å². The van der Waals surface area contributed by atoms with Crippen LogP contribution < -0.4 is 9.47 Å². The van der Waals surface area contributed by atoms with Crippen molar-refractivity contribution in [1.29, 1.82) is 0 Å². The van der Waals surface area contributed by atoms with Crippen LogP contribution >= 0.6 is 11.8 Å². The molecule has 0 N–H and O–H groups in total. The van der Waals surface area contributed by atoms with Crippen LogP contribution in [0.1, 0.15) is 5.56 Å². The molecule has 0 bridgehead atoms. The molecule has 150 valence electrons. The number of nitro groups is 1. The van der Waals surface area contributed by atoms with Gasteiger partial charge in [-0.05, 0) is 23.8 Å². The quantitative estimate of drug-likeness (QED) is 0.272. The second-order valence-corrected chi connectivity index (χ2v) is 7.45. The summed E-state index contributed by atoms with van der Waals surface area (Å²) in [6, 6.07) is 14.0. The molecule has 0 atom stereocenters. The van der Waals surface area contributed by atoms with Gasteiger partial charge in [0.25, 0.3) is 11.5 Å². The van der Waals surface area contributed by atoms with E-state index in [0.29, 0.717) is 41.2 Å². The molecule has 0 saturated heterocycles. The van der Waals surface area contributed by atoms with E-state index < -0.39 is 4.92 Å². The Hall–Kier alpha value is -3.66. The van der Waals surface area contributed by atoms with Crippen LogP contribution in [0.5, 0.6) is 11.5 Å². The summed E-state index contributed by atoms with van der Waals surface area (Å²) in [7, 11) is 0. The first-order valence-electron chi connectivity index (χ1n) is 9.15. The Kier molecular flexibility index (Phi) is 4.68. The number of benzene rings is 2. The van der Waals surface area contributed by atoms with Crippen LogP contribution in [-0.4, -0.2) is 37.7 Å². The second kappa shape index (κ2) is 7.64. The normalized spacial score (nSPS) is 12.8. The van der Waals surface area contributed by atoms with Gasteiger partial charge in [-0.3, -0.25) is 10.1 Å². The van der Waals surface area contributed by atoms with Crippen LogP contribution in [0.15, 0.2) is 59.9 Å². The van der Waals surface area contributed by atoms with Crippen LogP contribution in [0.25, 0.3) is 17.0 Å². The number of ether oxygens (including phenoxy) is 2. The molecule has 9 nitrogen and oxygen atoms in total. The number of hydrogen-bond acceptors (Lipinski definition) is 8. The number of nitrogens with zero attached hydrogens (tertiary/aromatic N) is 5.